The van der Waals surface area contributed by atoms with Gasteiger partial charge in [0.25, 0.3) is 0 Å². The highest BCUT2D eigenvalue weighted by molar-refractivity contribution is 9.09. The Kier molecular flexibility index (Phi) is 9.53. The molecule has 4 nitrogen and oxygen atoms in total. The van der Waals surface area contributed by atoms with E-state index in [2.05, 4.69) is 167 Å². The summed E-state index contributed by atoms with van der Waals surface area (Å²) in [5.74, 6) is 1.66. The number of thiophene rings is 1. The van der Waals surface area contributed by atoms with Crippen LogP contribution in [0.15, 0.2) is 132 Å². The Balaban J connectivity index is 1.41. The Morgan fingerprint density at radius 1 is 0.623 bits per heavy atom. The van der Waals surface area contributed by atoms with Crippen molar-refractivity contribution in [2.75, 3.05) is 11.9 Å². The van der Waals surface area contributed by atoms with Gasteiger partial charge in [0.2, 0.25) is 0 Å². The zero-order chi connectivity index (χ0) is 35.6. The van der Waals surface area contributed by atoms with E-state index >= 15 is 0 Å². The van der Waals surface area contributed by atoms with Gasteiger partial charge in [0, 0.05) is 48.4 Å². The van der Waals surface area contributed by atoms with Crippen LogP contribution in [0.3, 0.4) is 0 Å². The van der Waals surface area contributed by atoms with Gasteiger partial charge in [0.05, 0.1) is 34.4 Å². The maximum atomic E-state index is 6.18. The summed E-state index contributed by atoms with van der Waals surface area (Å²) in [6.07, 6.45) is 9.59. The zero-order valence-corrected chi connectivity index (χ0v) is 32.0. The van der Waals surface area contributed by atoms with Gasteiger partial charge < -0.3 is 9.72 Å². The molecule has 53 heavy (non-hydrogen) atoms. The Morgan fingerprint density at radius 3 is 1.96 bits per heavy atom. The fraction of sp³-hybridized carbons (Fsp3) is 0.0870. The van der Waals surface area contributed by atoms with Gasteiger partial charge in [0.15, 0.2) is 0 Å². The number of ether oxygens (including phenoxy) is 1. The first kappa shape index (κ1) is 33.6. The van der Waals surface area contributed by atoms with E-state index in [1.54, 1.807) is 11.3 Å². The van der Waals surface area contributed by atoms with Crippen LogP contribution in [0, 0.1) is 0 Å². The molecule has 0 unspecified atom stereocenters. The first-order chi connectivity index (χ1) is 26.2. The lowest BCUT2D eigenvalue weighted by molar-refractivity contribution is 0.319. The third kappa shape index (κ3) is 6.88. The molecule has 8 bridgehead atoms. The van der Waals surface area contributed by atoms with Gasteiger partial charge in [-0.1, -0.05) is 119 Å². The van der Waals surface area contributed by atoms with Crippen LogP contribution in [-0.2, 0) is 5.75 Å². The number of halogens is 1. The van der Waals surface area contributed by atoms with Crippen LogP contribution in [-0.4, -0.2) is 26.9 Å². The van der Waals surface area contributed by atoms with Gasteiger partial charge in [0.1, 0.15) is 5.75 Å². The van der Waals surface area contributed by atoms with Crippen LogP contribution in [0.2, 0.25) is 0 Å². The Morgan fingerprint density at radius 2 is 1.25 bits per heavy atom. The second-order valence-electron chi connectivity index (χ2n) is 12.9. The molecule has 0 fully saturated rings. The van der Waals surface area contributed by atoms with Crippen molar-refractivity contribution in [1.82, 2.24) is 15.0 Å². The van der Waals surface area contributed by atoms with Crippen molar-refractivity contribution in [3.63, 3.8) is 0 Å². The summed E-state index contributed by atoms with van der Waals surface area (Å²) >= 11 is 7.13. The number of aromatic amines is 1. The Labute approximate surface area is 325 Å². The van der Waals surface area contributed by atoms with E-state index in [-0.39, 0.29) is 0 Å². The summed E-state index contributed by atoms with van der Waals surface area (Å²) < 4.78 is 8.45. The summed E-state index contributed by atoms with van der Waals surface area (Å²) in [4.78, 5) is 14.6. The van der Waals surface area contributed by atoms with E-state index in [1.165, 1.54) is 0 Å². The third-order valence-corrected chi connectivity index (χ3v) is 12.1. The van der Waals surface area contributed by atoms with E-state index in [0.29, 0.717) is 6.61 Å². The molecule has 3 aliphatic rings. The van der Waals surface area contributed by atoms with Crippen molar-refractivity contribution >= 4 is 72.7 Å². The lowest BCUT2D eigenvalue weighted by atomic mass is 9.99. The SMILES string of the molecule is BrCCCOc1cccc(-c2cc3cc4nc(c(-c5ccccc5)c5[nH]c(c(-c6ccccc6)c6nc(c(-c7ccccc7)c2s3)C=C6)SC5)C=C4)c1. The minimum Gasteiger partial charge on any atom is -0.494 e. The normalized spacial score (nSPS) is 12.5. The maximum absolute atomic E-state index is 6.18. The summed E-state index contributed by atoms with van der Waals surface area (Å²) in [5.41, 5.74) is 13.8. The monoisotopic (exact) mass is 787 g/mol. The van der Waals surface area contributed by atoms with Gasteiger partial charge in [-0.25, -0.2) is 9.97 Å². The molecule has 7 heteroatoms. The number of thioether (sulfide) groups is 1. The van der Waals surface area contributed by atoms with Crippen LogP contribution >= 0.6 is 39.0 Å². The molecule has 4 aromatic carbocycles. The standard InChI is InChI=1S/C46H34BrN3OS2/c47-24-11-25-51-35-19-10-18-33(26-35)37-28-36-27-34-20-21-38(48-34)42(30-12-4-1-5-13-30)41-29-52-46(50-41)44(32-16-8-3-9-17-32)40-23-22-39(49-40)43(45(37)53-36)31-14-6-2-7-15-31/h1-10,12-23,26-28,50H,11,24-25,29H2. The fourth-order valence-corrected chi connectivity index (χ4v) is 9.47. The molecular formula is C46H34BrN3OS2. The molecule has 0 amide bonds. The van der Waals surface area contributed by atoms with Crippen LogP contribution in [0.25, 0.3) is 78.2 Å². The second-order valence-corrected chi connectivity index (χ2v) is 15.7. The molecule has 9 rings (SSSR count). The number of nitrogens with zero attached hydrogens (tertiary/aromatic N) is 2. The topological polar surface area (TPSA) is 50.8 Å². The fourth-order valence-electron chi connectivity index (χ4n) is 6.97. The zero-order valence-electron chi connectivity index (χ0n) is 28.8. The Hall–Kier alpha value is -5.21. The van der Waals surface area contributed by atoms with E-state index in [1.807, 2.05) is 17.8 Å². The number of fused-ring (bicyclic) bond motifs is 8. The minimum atomic E-state index is 0.657. The maximum Gasteiger partial charge on any atom is 0.119 e. The first-order valence-corrected chi connectivity index (χ1v) is 20.6. The van der Waals surface area contributed by atoms with Crippen LogP contribution in [0.4, 0.5) is 0 Å². The largest absolute Gasteiger partial charge is 0.494 e. The number of hydrogen-bond acceptors (Lipinski definition) is 5. The van der Waals surface area contributed by atoms with Gasteiger partial charge in [-0.05, 0) is 77.2 Å². The molecule has 6 aromatic rings. The number of hydrogen-bond donors (Lipinski definition) is 1. The lowest BCUT2D eigenvalue weighted by Crippen LogP contribution is -1.97. The molecule has 0 aliphatic carbocycles. The average molecular weight is 789 g/mol. The lowest BCUT2D eigenvalue weighted by Gasteiger charge is -2.09. The number of aromatic nitrogens is 3. The van der Waals surface area contributed by atoms with Crippen LogP contribution in [0.5, 0.6) is 5.75 Å². The molecule has 1 N–H and O–H groups in total. The van der Waals surface area contributed by atoms with Crippen molar-refractivity contribution < 1.29 is 4.74 Å². The smallest absolute Gasteiger partial charge is 0.119 e. The van der Waals surface area contributed by atoms with E-state index in [9.17, 15) is 0 Å². The Bertz CT molecular complexity index is 2580. The van der Waals surface area contributed by atoms with Crippen molar-refractivity contribution in [2.24, 2.45) is 0 Å². The second kappa shape index (κ2) is 15.0. The molecule has 258 valence electrons. The van der Waals surface area contributed by atoms with Crippen molar-refractivity contribution in [3.8, 4) is 50.3 Å². The average Bonchev–Trinajstić information content (AvgIpc) is 4.04. The summed E-state index contributed by atoms with van der Waals surface area (Å²) in [5, 5.41) is 2.00. The number of rotatable bonds is 8. The quantitative estimate of drug-likeness (QED) is 0.123. The highest BCUT2D eigenvalue weighted by atomic mass is 79.9. The minimum absolute atomic E-state index is 0.657. The predicted molar refractivity (Wildman–Crippen MR) is 229 cm³/mol. The molecule has 0 atom stereocenters. The van der Waals surface area contributed by atoms with Gasteiger partial charge in [-0.15, -0.1) is 23.1 Å². The molecular weight excluding hydrogens is 755 g/mol. The van der Waals surface area contributed by atoms with Crippen LogP contribution in [0.1, 0.15) is 34.9 Å². The molecule has 0 saturated carbocycles. The molecule has 5 heterocycles. The predicted octanol–water partition coefficient (Wildman–Crippen LogP) is 13.2. The van der Waals surface area contributed by atoms with Gasteiger partial charge in [-0.2, -0.15) is 0 Å². The van der Waals surface area contributed by atoms with Crippen molar-refractivity contribution in [1.29, 1.82) is 0 Å². The van der Waals surface area contributed by atoms with Crippen LogP contribution < -0.4 is 4.74 Å². The number of alkyl halides is 1. The number of nitrogens with one attached hydrogen (secondary N) is 1. The molecule has 2 aromatic heterocycles. The highest BCUT2D eigenvalue weighted by Gasteiger charge is 2.22. The number of benzene rings is 4. The third-order valence-electron chi connectivity index (χ3n) is 9.37. The summed E-state index contributed by atoms with van der Waals surface area (Å²) in [7, 11) is 0. The highest BCUT2D eigenvalue weighted by Crippen LogP contribution is 2.45. The van der Waals surface area contributed by atoms with Gasteiger partial charge >= 0.3 is 0 Å². The number of H-pyrrole nitrogens is 1. The van der Waals surface area contributed by atoms with Crippen molar-refractivity contribution in [3.05, 3.63) is 156 Å². The molecule has 0 spiro atoms. The summed E-state index contributed by atoms with van der Waals surface area (Å²) in [6, 6.07) is 44.8. The molecule has 3 aliphatic heterocycles. The van der Waals surface area contributed by atoms with Gasteiger partial charge in [-0.3, -0.25) is 0 Å². The first-order valence-electron chi connectivity index (χ1n) is 17.7. The molecule has 0 radical (unpaired) electrons. The summed E-state index contributed by atoms with van der Waals surface area (Å²) in [6.45, 7) is 0.657. The van der Waals surface area contributed by atoms with Crippen molar-refractivity contribution in [2.45, 2.75) is 17.2 Å². The van der Waals surface area contributed by atoms with E-state index in [4.69, 9.17) is 14.7 Å². The van der Waals surface area contributed by atoms with E-state index < -0.39 is 0 Å². The molecule has 0 saturated heterocycles. The van der Waals surface area contributed by atoms with E-state index in [0.717, 1.165) is 111 Å².